The Morgan fingerprint density at radius 3 is 2.83 bits per heavy atom. The number of hydrogen-bond acceptors (Lipinski definition) is 4. The van der Waals surface area contributed by atoms with E-state index in [9.17, 15) is 0 Å². The average molecular weight is 515 g/mol. The number of methoxy groups -OCH3 is 1. The number of rotatable bonds is 11. The van der Waals surface area contributed by atoms with Crippen LogP contribution in [0, 0.1) is 5.92 Å². The van der Waals surface area contributed by atoms with E-state index in [0.29, 0.717) is 25.7 Å². The number of imidazole rings is 1. The van der Waals surface area contributed by atoms with Crippen molar-refractivity contribution in [3.63, 3.8) is 0 Å². The molecule has 0 spiro atoms. The first-order valence-corrected chi connectivity index (χ1v) is 9.89. The molecule has 0 aliphatic rings. The highest BCUT2D eigenvalue weighted by atomic mass is 127. The Morgan fingerprint density at radius 1 is 1.28 bits per heavy atom. The zero-order valence-corrected chi connectivity index (χ0v) is 20.2. The van der Waals surface area contributed by atoms with E-state index in [1.165, 1.54) is 0 Å². The third-order valence-electron chi connectivity index (χ3n) is 3.94. The third-order valence-corrected chi connectivity index (χ3v) is 3.94. The third kappa shape index (κ3) is 9.49. The summed E-state index contributed by atoms with van der Waals surface area (Å²) in [6.07, 6.45) is 4.70. The van der Waals surface area contributed by atoms with Crippen molar-refractivity contribution in [2.24, 2.45) is 10.9 Å². The summed E-state index contributed by atoms with van der Waals surface area (Å²) in [4.78, 5) is 9.13. The lowest BCUT2D eigenvalue weighted by atomic mass is 10.2. The van der Waals surface area contributed by atoms with E-state index in [-0.39, 0.29) is 24.0 Å². The molecule has 2 rings (SSSR count). The number of guanidine groups is 1. The van der Waals surface area contributed by atoms with Crippen LogP contribution in [0.5, 0.6) is 5.75 Å². The molecule has 7 nitrogen and oxygen atoms in total. The molecular weight excluding hydrogens is 481 g/mol. The van der Waals surface area contributed by atoms with Crippen LogP contribution < -0.4 is 15.4 Å². The molecule has 0 saturated heterocycles. The summed E-state index contributed by atoms with van der Waals surface area (Å²) >= 11 is 0. The zero-order valence-electron chi connectivity index (χ0n) is 17.9. The van der Waals surface area contributed by atoms with Gasteiger partial charge < -0.3 is 24.7 Å². The highest BCUT2D eigenvalue weighted by molar-refractivity contribution is 14.0. The number of ether oxygens (including phenoxy) is 2. The maximum atomic E-state index is 5.77. The highest BCUT2D eigenvalue weighted by Gasteiger charge is 2.06. The number of aliphatic imine (C=N–C) groups is 1. The molecule has 1 aromatic carbocycles. The van der Waals surface area contributed by atoms with Gasteiger partial charge in [-0.05, 0) is 25.0 Å². The summed E-state index contributed by atoms with van der Waals surface area (Å²) in [5, 5.41) is 6.62. The molecule has 8 heteroatoms. The quantitative estimate of drug-likeness (QED) is 0.204. The topological polar surface area (TPSA) is 72.7 Å². The predicted molar refractivity (Wildman–Crippen MR) is 129 cm³/mol. The predicted octanol–water partition coefficient (Wildman–Crippen LogP) is 4.15. The van der Waals surface area contributed by atoms with E-state index in [0.717, 1.165) is 42.7 Å². The van der Waals surface area contributed by atoms with Crippen LogP contribution in [0.25, 0.3) is 0 Å². The number of halogens is 1. The number of aromatic nitrogens is 2. The van der Waals surface area contributed by atoms with E-state index >= 15 is 0 Å². The lowest BCUT2D eigenvalue weighted by Crippen LogP contribution is -2.30. The summed E-state index contributed by atoms with van der Waals surface area (Å²) in [6, 6.07) is 7.88. The van der Waals surface area contributed by atoms with Crippen LogP contribution in [0.4, 0.5) is 5.69 Å². The summed E-state index contributed by atoms with van der Waals surface area (Å²) < 4.78 is 13.0. The van der Waals surface area contributed by atoms with E-state index in [4.69, 9.17) is 9.47 Å². The van der Waals surface area contributed by atoms with Crippen molar-refractivity contribution in [1.29, 1.82) is 0 Å². The Morgan fingerprint density at radius 2 is 2.10 bits per heavy atom. The van der Waals surface area contributed by atoms with Gasteiger partial charge >= 0.3 is 0 Å². The number of nitrogens with zero attached hydrogens (tertiary/aromatic N) is 3. The molecule has 0 fully saturated rings. The van der Waals surface area contributed by atoms with Gasteiger partial charge in [-0.25, -0.2) is 9.98 Å². The molecule has 2 aromatic rings. The SMILES string of the molecule is CCNC(=NCc1nccn1CC(C)C)Nc1cccc(OCCCOC)c1.I. The second kappa shape index (κ2) is 14.2. The molecule has 29 heavy (non-hydrogen) atoms. The molecule has 1 aromatic heterocycles. The van der Waals surface area contributed by atoms with Gasteiger partial charge in [-0.3, -0.25) is 0 Å². The van der Waals surface area contributed by atoms with Gasteiger partial charge in [0.15, 0.2) is 5.96 Å². The second-order valence-electron chi connectivity index (χ2n) is 6.93. The van der Waals surface area contributed by atoms with E-state index in [2.05, 4.69) is 39.0 Å². The fourth-order valence-electron chi connectivity index (χ4n) is 2.70. The monoisotopic (exact) mass is 515 g/mol. The first-order chi connectivity index (χ1) is 13.6. The Bertz CT molecular complexity index is 733. The first-order valence-electron chi connectivity index (χ1n) is 9.89. The minimum Gasteiger partial charge on any atom is -0.493 e. The molecule has 0 unspecified atom stereocenters. The molecule has 2 N–H and O–H groups in total. The van der Waals surface area contributed by atoms with Crippen LogP contribution >= 0.6 is 24.0 Å². The molecule has 162 valence electrons. The first kappa shape index (κ1) is 25.2. The minimum atomic E-state index is 0. The van der Waals surface area contributed by atoms with Crippen LogP contribution in [0.1, 0.15) is 33.0 Å². The maximum Gasteiger partial charge on any atom is 0.196 e. The summed E-state index contributed by atoms with van der Waals surface area (Å²) in [5.74, 6) is 3.07. The lowest BCUT2D eigenvalue weighted by molar-refractivity contribution is 0.172. The normalized spacial score (nSPS) is 11.3. The van der Waals surface area contributed by atoms with Gasteiger partial charge in [0.25, 0.3) is 0 Å². The number of anilines is 1. The van der Waals surface area contributed by atoms with Gasteiger partial charge in [0.05, 0.1) is 6.61 Å². The number of nitrogens with one attached hydrogen (secondary N) is 2. The largest absolute Gasteiger partial charge is 0.493 e. The molecule has 0 amide bonds. The van der Waals surface area contributed by atoms with Crippen LogP contribution in [0.2, 0.25) is 0 Å². The number of hydrogen-bond donors (Lipinski definition) is 2. The van der Waals surface area contributed by atoms with Crippen LogP contribution in [0.15, 0.2) is 41.7 Å². The van der Waals surface area contributed by atoms with E-state index in [1.807, 2.05) is 43.6 Å². The number of benzene rings is 1. The lowest BCUT2D eigenvalue weighted by Gasteiger charge is -2.13. The van der Waals surface area contributed by atoms with Gasteiger partial charge in [0.2, 0.25) is 0 Å². The van der Waals surface area contributed by atoms with E-state index < -0.39 is 0 Å². The van der Waals surface area contributed by atoms with Crippen molar-refractivity contribution < 1.29 is 9.47 Å². The van der Waals surface area contributed by atoms with Crippen molar-refractivity contribution in [3.8, 4) is 5.75 Å². The average Bonchev–Trinajstić information content (AvgIpc) is 3.10. The van der Waals surface area contributed by atoms with Crippen molar-refractivity contribution in [2.45, 2.75) is 40.3 Å². The molecule has 0 atom stereocenters. The summed E-state index contributed by atoms with van der Waals surface area (Å²) in [7, 11) is 1.70. The molecule has 0 aliphatic heterocycles. The molecule has 0 aliphatic carbocycles. The Labute approximate surface area is 191 Å². The Hall–Kier alpha value is -1.81. The molecule has 1 heterocycles. The van der Waals surface area contributed by atoms with Gasteiger partial charge in [-0.2, -0.15) is 0 Å². The second-order valence-corrected chi connectivity index (χ2v) is 6.93. The fraction of sp³-hybridized carbons (Fsp3) is 0.524. The van der Waals surface area contributed by atoms with E-state index in [1.54, 1.807) is 7.11 Å². The zero-order chi connectivity index (χ0) is 20.2. The maximum absolute atomic E-state index is 5.77. The summed E-state index contributed by atoms with van der Waals surface area (Å²) in [5.41, 5.74) is 0.925. The van der Waals surface area contributed by atoms with Crippen LogP contribution in [0.3, 0.4) is 0 Å². The molecule has 0 radical (unpaired) electrons. The van der Waals surface area contributed by atoms with Gasteiger partial charge in [-0.1, -0.05) is 19.9 Å². The minimum absolute atomic E-state index is 0. The Balaban J connectivity index is 0.00000420. The molecule has 0 saturated carbocycles. The smallest absolute Gasteiger partial charge is 0.196 e. The molecule has 0 bridgehead atoms. The fourth-order valence-corrected chi connectivity index (χ4v) is 2.70. The van der Waals surface area contributed by atoms with Crippen molar-refractivity contribution >= 4 is 35.6 Å². The van der Waals surface area contributed by atoms with Gasteiger partial charge in [0, 0.05) is 57.4 Å². The van der Waals surface area contributed by atoms with Gasteiger partial charge in [-0.15, -0.1) is 24.0 Å². The molecular formula is C21H34IN5O2. The highest BCUT2D eigenvalue weighted by Crippen LogP contribution is 2.17. The van der Waals surface area contributed by atoms with Crippen LogP contribution in [-0.2, 0) is 17.8 Å². The van der Waals surface area contributed by atoms with Gasteiger partial charge in [0.1, 0.15) is 18.1 Å². The van der Waals surface area contributed by atoms with Crippen LogP contribution in [-0.4, -0.2) is 42.4 Å². The van der Waals surface area contributed by atoms with Crippen molar-refractivity contribution in [1.82, 2.24) is 14.9 Å². The standard InChI is InChI=1S/C21H33N5O2.HI/c1-5-22-21(24-15-20-23-10-11-26(20)16-17(2)3)25-18-8-6-9-19(14-18)28-13-7-12-27-4;/h6,8-11,14,17H,5,7,12-13,15-16H2,1-4H3,(H2,22,24,25);1H. The summed E-state index contributed by atoms with van der Waals surface area (Å²) in [6.45, 7) is 10.0. The van der Waals surface area contributed by atoms with Crippen molar-refractivity contribution in [3.05, 3.63) is 42.5 Å². The van der Waals surface area contributed by atoms with Crippen molar-refractivity contribution in [2.75, 3.05) is 32.2 Å². The Kier molecular flexibility index (Phi) is 12.4.